The van der Waals surface area contributed by atoms with Gasteiger partial charge in [-0.05, 0) is 46.8 Å². The molecule has 2 aromatic heterocycles. The molecule has 11 heteroatoms. The van der Waals surface area contributed by atoms with E-state index in [2.05, 4.69) is 15.3 Å². The highest BCUT2D eigenvalue weighted by Gasteiger charge is 2.30. The summed E-state index contributed by atoms with van der Waals surface area (Å²) in [5, 5.41) is 7.39. The molecular formula is C29H38N6O5. The molecule has 2 atom stereocenters. The van der Waals surface area contributed by atoms with E-state index in [0.29, 0.717) is 56.5 Å². The number of amides is 2. The maximum absolute atomic E-state index is 12.5. The maximum Gasteiger partial charge on any atom is 0.410 e. The highest BCUT2D eigenvalue weighted by Crippen LogP contribution is 2.35. The molecule has 11 nitrogen and oxygen atoms in total. The first-order valence-electron chi connectivity index (χ1n) is 13.7. The van der Waals surface area contributed by atoms with E-state index in [9.17, 15) is 9.59 Å². The van der Waals surface area contributed by atoms with Gasteiger partial charge in [0.2, 0.25) is 11.8 Å². The van der Waals surface area contributed by atoms with Crippen molar-refractivity contribution in [2.24, 2.45) is 5.92 Å². The molecule has 5 rings (SSSR count). The highest BCUT2D eigenvalue weighted by atomic mass is 16.6. The van der Waals surface area contributed by atoms with Crippen LogP contribution in [0.5, 0.6) is 11.6 Å². The zero-order valence-electron chi connectivity index (χ0n) is 24.1. The predicted octanol–water partition coefficient (Wildman–Crippen LogP) is 3.67. The minimum Gasteiger partial charge on any atom is -0.495 e. The minimum atomic E-state index is -0.519. The van der Waals surface area contributed by atoms with Gasteiger partial charge in [-0.1, -0.05) is 6.07 Å². The molecular weight excluding hydrogens is 512 g/mol. The molecule has 214 valence electrons. The van der Waals surface area contributed by atoms with Crippen LogP contribution in [0.1, 0.15) is 39.7 Å². The summed E-state index contributed by atoms with van der Waals surface area (Å²) in [4.78, 5) is 33.1. The van der Waals surface area contributed by atoms with Crippen LogP contribution in [0, 0.1) is 12.8 Å². The van der Waals surface area contributed by atoms with Gasteiger partial charge in [0.25, 0.3) is 0 Å². The molecule has 2 saturated heterocycles. The predicted molar refractivity (Wildman–Crippen MR) is 151 cm³/mol. The Morgan fingerprint density at radius 1 is 1.18 bits per heavy atom. The SMILES string of the molecule is COc1cc(-c2cn3ncc(C)c3c(OC(C)C3CNC(=O)C3)n2)ccc1N1CCN(C(=O)OC(C)(C)C)CC1. The molecule has 1 aromatic carbocycles. The third kappa shape index (κ3) is 5.78. The van der Waals surface area contributed by atoms with Crippen LogP contribution in [0.3, 0.4) is 0 Å². The molecule has 2 unspecified atom stereocenters. The summed E-state index contributed by atoms with van der Waals surface area (Å²) in [6.07, 6.45) is 3.64. The lowest BCUT2D eigenvalue weighted by Gasteiger charge is -2.37. The standard InChI is InChI=1S/C29H38N6O5/c1-18-15-31-35-17-22(32-27(26(18)35)39-19(2)21-14-25(36)30-16-21)20-7-8-23(24(13-20)38-6)33-9-11-34(12-10-33)28(37)40-29(3,4)5/h7-8,13,15,17,19,21H,9-12,14,16H2,1-6H3,(H,30,36). The number of methoxy groups -OCH3 is 1. The number of carbonyl (C=O) groups is 2. The van der Waals surface area contributed by atoms with Crippen LogP contribution in [0.15, 0.2) is 30.6 Å². The average molecular weight is 551 g/mol. The van der Waals surface area contributed by atoms with Crippen LogP contribution in [-0.4, -0.2) is 83.0 Å². The third-order valence-corrected chi connectivity index (χ3v) is 7.37. The number of aryl methyl sites for hydroxylation is 1. The molecule has 2 amide bonds. The fourth-order valence-corrected chi connectivity index (χ4v) is 5.13. The van der Waals surface area contributed by atoms with Crippen LogP contribution in [0.2, 0.25) is 0 Å². The van der Waals surface area contributed by atoms with E-state index < -0.39 is 5.60 Å². The molecule has 4 heterocycles. The van der Waals surface area contributed by atoms with E-state index in [1.54, 1.807) is 22.7 Å². The molecule has 0 saturated carbocycles. The zero-order valence-corrected chi connectivity index (χ0v) is 24.1. The number of anilines is 1. The quantitative estimate of drug-likeness (QED) is 0.495. The summed E-state index contributed by atoms with van der Waals surface area (Å²) in [7, 11) is 1.65. The summed E-state index contributed by atoms with van der Waals surface area (Å²) >= 11 is 0. The van der Waals surface area contributed by atoms with Crippen molar-refractivity contribution in [2.75, 3.05) is 44.7 Å². The van der Waals surface area contributed by atoms with Crippen LogP contribution >= 0.6 is 0 Å². The van der Waals surface area contributed by atoms with Gasteiger partial charge in [0.1, 0.15) is 23.0 Å². The van der Waals surface area contributed by atoms with Gasteiger partial charge in [-0.2, -0.15) is 5.10 Å². The van der Waals surface area contributed by atoms with E-state index in [1.807, 2.05) is 59.0 Å². The van der Waals surface area contributed by atoms with Crippen LogP contribution in [0.25, 0.3) is 16.8 Å². The molecule has 2 fully saturated rings. The van der Waals surface area contributed by atoms with Gasteiger partial charge in [-0.3, -0.25) is 4.79 Å². The van der Waals surface area contributed by atoms with Gasteiger partial charge in [-0.25, -0.2) is 14.3 Å². The number of hydrogen-bond donors (Lipinski definition) is 1. The number of piperazine rings is 1. The second kappa shape index (κ2) is 10.9. The van der Waals surface area contributed by atoms with Gasteiger partial charge < -0.3 is 29.3 Å². The molecule has 0 radical (unpaired) electrons. The molecule has 1 N–H and O–H groups in total. The van der Waals surface area contributed by atoms with Crippen LogP contribution in [0.4, 0.5) is 10.5 Å². The number of fused-ring (bicyclic) bond motifs is 1. The first kappa shape index (κ1) is 27.5. The van der Waals surface area contributed by atoms with Crippen molar-refractivity contribution in [2.45, 2.75) is 52.7 Å². The van der Waals surface area contributed by atoms with Crippen molar-refractivity contribution in [1.82, 2.24) is 24.8 Å². The molecule has 0 bridgehead atoms. The number of carbonyl (C=O) groups excluding carboxylic acids is 2. The van der Waals surface area contributed by atoms with Crippen LogP contribution in [-0.2, 0) is 9.53 Å². The number of aromatic nitrogens is 3. The van der Waals surface area contributed by atoms with Gasteiger partial charge >= 0.3 is 6.09 Å². The van der Waals surface area contributed by atoms with Crippen molar-refractivity contribution in [1.29, 1.82) is 0 Å². The van der Waals surface area contributed by atoms with Gasteiger partial charge in [0.05, 0.1) is 30.9 Å². The van der Waals surface area contributed by atoms with Gasteiger partial charge in [0.15, 0.2) is 0 Å². The van der Waals surface area contributed by atoms with E-state index in [1.165, 1.54) is 0 Å². The summed E-state index contributed by atoms with van der Waals surface area (Å²) in [5.41, 5.74) is 3.75. The average Bonchev–Trinajstić information content (AvgIpc) is 3.53. The van der Waals surface area contributed by atoms with Crippen molar-refractivity contribution in [3.63, 3.8) is 0 Å². The molecule has 0 aliphatic carbocycles. The number of nitrogens with one attached hydrogen (secondary N) is 1. The topological polar surface area (TPSA) is 111 Å². The Hall–Kier alpha value is -4.02. The lowest BCUT2D eigenvalue weighted by atomic mass is 10.0. The van der Waals surface area contributed by atoms with Gasteiger partial charge in [0, 0.05) is 56.2 Å². The second-order valence-corrected chi connectivity index (χ2v) is 11.5. The van der Waals surface area contributed by atoms with Crippen molar-refractivity contribution in [3.8, 4) is 22.9 Å². The van der Waals surface area contributed by atoms with E-state index in [4.69, 9.17) is 19.2 Å². The maximum atomic E-state index is 12.5. The number of rotatable bonds is 6. The number of ether oxygens (including phenoxy) is 3. The number of nitrogens with zero attached hydrogens (tertiary/aromatic N) is 5. The van der Waals surface area contributed by atoms with E-state index >= 15 is 0 Å². The van der Waals surface area contributed by atoms with E-state index in [-0.39, 0.29) is 24.0 Å². The summed E-state index contributed by atoms with van der Waals surface area (Å²) in [5.74, 6) is 1.33. The second-order valence-electron chi connectivity index (χ2n) is 11.5. The lowest BCUT2D eigenvalue weighted by Crippen LogP contribution is -2.50. The Bertz CT molecular complexity index is 1410. The number of hydrogen-bond acceptors (Lipinski definition) is 8. The first-order chi connectivity index (χ1) is 19.0. The summed E-state index contributed by atoms with van der Waals surface area (Å²) in [6.45, 7) is 12.6. The van der Waals surface area contributed by atoms with Gasteiger partial charge in [-0.15, -0.1) is 0 Å². The summed E-state index contributed by atoms with van der Waals surface area (Å²) < 4.78 is 19.5. The minimum absolute atomic E-state index is 0.0475. The van der Waals surface area contributed by atoms with Crippen molar-refractivity contribution < 1.29 is 23.8 Å². The van der Waals surface area contributed by atoms with Crippen LogP contribution < -0.4 is 19.7 Å². The van der Waals surface area contributed by atoms with E-state index in [0.717, 1.165) is 22.3 Å². The molecule has 0 spiro atoms. The highest BCUT2D eigenvalue weighted by molar-refractivity contribution is 5.78. The Balaban J connectivity index is 1.37. The molecule has 2 aliphatic heterocycles. The molecule has 3 aromatic rings. The molecule has 2 aliphatic rings. The smallest absolute Gasteiger partial charge is 0.410 e. The number of benzene rings is 1. The molecule has 40 heavy (non-hydrogen) atoms. The Labute approximate surface area is 234 Å². The Morgan fingerprint density at radius 3 is 2.58 bits per heavy atom. The van der Waals surface area contributed by atoms with Crippen molar-refractivity contribution >= 4 is 23.2 Å². The Morgan fingerprint density at radius 2 is 1.93 bits per heavy atom. The monoisotopic (exact) mass is 550 g/mol. The third-order valence-electron chi connectivity index (χ3n) is 7.37. The normalized spacial score (nSPS) is 18.6. The largest absolute Gasteiger partial charge is 0.495 e. The summed E-state index contributed by atoms with van der Waals surface area (Å²) in [6, 6.07) is 6.00. The fourth-order valence-electron chi connectivity index (χ4n) is 5.13. The zero-order chi connectivity index (χ0) is 28.6. The first-order valence-corrected chi connectivity index (χ1v) is 13.7. The van der Waals surface area contributed by atoms with Crippen molar-refractivity contribution in [3.05, 3.63) is 36.2 Å². The fraction of sp³-hybridized carbons (Fsp3) is 0.517. The lowest BCUT2D eigenvalue weighted by molar-refractivity contribution is -0.119. The Kier molecular flexibility index (Phi) is 7.48.